The molecule has 4 nitrogen and oxygen atoms in total. The highest BCUT2D eigenvalue weighted by molar-refractivity contribution is 5.80. The highest BCUT2D eigenvalue weighted by Crippen LogP contribution is 2.41. The number of hydrogen-bond donors (Lipinski definition) is 0. The standard InChI is InChI=1S/C20H14F6N2O2/c1-29-15-7-14(12-4-6-18(28-10-12)20(24,25)26)16(30-2)8-13(15)11-3-5-17(27-9-11)19(21,22)23/h3-10H,1-2H3. The van der Waals surface area contributed by atoms with Crippen molar-refractivity contribution in [3.05, 3.63) is 60.2 Å². The molecular weight excluding hydrogens is 414 g/mol. The van der Waals surface area contributed by atoms with Crippen molar-refractivity contribution in [2.75, 3.05) is 14.2 Å². The number of benzene rings is 1. The molecule has 10 heteroatoms. The lowest BCUT2D eigenvalue weighted by molar-refractivity contribution is -0.141. The van der Waals surface area contributed by atoms with E-state index in [1.165, 1.54) is 38.5 Å². The van der Waals surface area contributed by atoms with Crippen molar-refractivity contribution in [3.63, 3.8) is 0 Å². The number of nitrogens with zero attached hydrogens (tertiary/aromatic N) is 2. The van der Waals surface area contributed by atoms with E-state index in [4.69, 9.17) is 9.47 Å². The zero-order valence-corrected chi connectivity index (χ0v) is 15.6. The molecule has 0 fully saturated rings. The molecule has 0 saturated heterocycles. The number of halogens is 6. The van der Waals surface area contributed by atoms with Crippen LogP contribution in [0.3, 0.4) is 0 Å². The lowest BCUT2D eigenvalue weighted by atomic mass is 9.99. The molecule has 158 valence electrons. The van der Waals surface area contributed by atoms with Gasteiger partial charge in [-0.3, -0.25) is 9.97 Å². The third-order valence-electron chi connectivity index (χ3n) is 4.25. The fourth-order valence-electron chi connectivity index (χ4n) is 2.79. The molecule has 0 unspecified atom stereocenters. The van der Waals surface area contributed by atoms with Gasteiger partial charge >= 0.3 is 12.4 Å². The number of methoxy groups -OCH3 is 2. The van der Waals surface area contributed by atoms with Gasteiger partial charge < -0.3 is 9.47 Å². The molecule has 3 aromatic rings. The molecule has 2 aromatic heterocycles. The predicted molar refractivity (Wildman–Crippen MR) is 96.0 cm³/mol. The van der Waals surface area contributed by atoms with Crippen molar-refractivity contribution >= 4 is 0 Å². The Kier molecular flexibility index (Phi) is 5.60. The highest BCUT2D eigenvalue weighted by atomic mass is 19.4. The summed E-state index contributed by atoms with van der Waals surface area (Å²) in [7, 11) is 2.72. The third-order valence-corrected chi connectivity index (χ3v) is 4.25. The van der Waals surface area contributed by atoms with Crippen LogP contribution in [-0.2, 0) is 12.4 Å². The molecule has 0 bridgehead atoms. The fraction of sp³-hybridized carbons (Fsp3) is 0.200. The Morgan fingerprint density at radius 1 is 0.633 bits per heavy atom. The minimum absolute atomic E-state index is 0.271. The minimum atomic E-state index is -4.57. The van der Waals surface area contributed by atoms with Gasteiger partial charge in [0.15, 0.2) is 0 Å². The summed E-state index contributed by atoms with van der Waals surface area (Å²) >= 11 is 0. The summed E-state index contributed by atoms with van der Waals surface area (Å²) in [6, 6.07) is 7.19. The number of alkyl halides is 6. The summed E-state index contributed by atoms with van der Waals surface area (Å²) in [5, 5.41) is 0. The summed E-state index contributed by atoms with van der Waals surface area (Å²) < 4.78 is 87.1. The number of hydrogen-bond acceptors (Lipinski definition) is 4. The van der Waals surface area contributed by atoms with Crippen LogP contribution in [0, 0.1) is 0 Å². The summed E-state index contributed by atoms with van der Waals surface area (Å²) in [6.45, 7) is 0. The molecule has 0 aliphatic carbocycles. The van der Waals surface area contributed by atoms with E-state index in [0.717, 1.165) is 24.5 Å². The number of ether oxygens (including phenoxy) is 2. The second-order valence-electron chi connectivity index (χ2n) is 6.11. The van der Waals surface area contributed by atoms with Crippen LogP contribution in [0.15, 0.2) is 48.8 Å². The lowest BCUT2D eigenvalue weighted by Gasteiger charge is -2.16. The van der Waals surface area contributed by atoms with Crippen LogP contribution in [0.4, 0.5) is 26.3 Å². The Morgan fingerprint density at radius 2 is 1.00 bits per heavy atom. The van der Waals surface area contributed by atoms with Crippen molar-refractivity contribution < 1.29 is 35.8 Å². The largest absolute Gasteiger partial charge is 0.496 e. The molecule has 0 amide bonds. The molecule has 0 aliphatic rings. The number of rotatable bonds is 4. The Labute approximate surface area is 167 Å². The zero-order valence-electron chi connectivity index (χ0n) is 15.6. The van der Waals surface area contributed by atoms with Crippen LogP contribution in [0.25, 0.3) is 22.3 Å². The van der Waals surface area contributed by atoms with Gasteiger partial charge in [0.1, 0.15) is 22.9 Å². The maximum absolute atomic E-state index is 12.7. The Bertz CT molecular complexity index is 944. The number of aromatic nitrogens is 2. The van der Waals surface area contributed by atoms with Gasteiger partial charge in [0.05, 0.1) is 14.2 Å². The molecule has 2 heterocycles. The van der Waals surface area contributed by atoms with Gasteiger partial charge in [-0.1, -0.05) is 12.1 Å². The first kappa shape index (κ1) is 21.4. The van der Waals surface area contributed by atoms with E-state index < -0.39 is 23.7 Å². The fourth-order valence-corrected chi connectivity index (χ4v) is 2.79. The van der Waals surface area contributed by atoms with Gasteiger partial charge in [-0.2, -0.15) is 26.3 Å². The quantitative estimate of drug-likeness (QED) is 0.488. The maximum Gasteiger partial charge on any atom is 0.433 e. The predicted octanol–water partition coefficient (Wildman–Crippen LogP) is 5.87. The first-order valence-corrected chi connectivity index (χ1v) is 8.38. The Hall–Kier alpha value is -3.30. The minimum Gasteiger partial charge on any atom is -0.496 e. The van der Waals surface area contributed by atoms with E-state index in [-0.39, 0.29) is 11.5 Å². The maximum atomic E-state index is 12.7. The second-order valence-corrected chi connectivity index (χ2v) is 6.11. The summed E-state index contributed by atoms with van der Waals surface area (Å²) in [5.41, 5.74) is -0.585. The van der Waals surface area contributed by atoms with E-state index >= 15 is 0 Å². The van der Waals surface area contributed by atoms with E-state index in [1.54, 1.807) is 0 Å². The average Bonchev–Trinajstić information content (AvgIpc) is 2.71. The molecule has 0 spiro atoms. The normalized spacial score (nSPS) is 12.0. The van der Waals surface area contributed by atoms with E-state index in [2.05, 4.69) is 9.97 Å². The van der Waals surface area contributed by atoms with E-state index in [0.29, 0.717) is 22.3 Å². The van der Waals surface area contributed by atoms with E-state index in [1.807, 2.05) is 0 Å². The molecule has 0 atom stereocenters. The highest BCUT2D eigenvalue weighted by Gasteiger charge is 2.33. The van der Waals surface area contributed by atoms with Crippen LogP contribution in [0.5, 0.6) is 11.5 Å². The first-order valence-electron chi connectivity index (χ1n) is 8.38. The van der Waals surface area contributed by atoms with Crippen molar-refractivity contribution in [1.29, 1.82) is 0 Å². The van der Waals surface area contributed by atoms with E-state index in [9.17, 15) is 26.3 Å². The monoisotopic (exact) mass is 428 g/mol. The first-order chi connectivity index (χ1) is 14.0. The molecular formula is C20H14F6N2O2. The second kappa shape index (κ2) is 7.85. The summed E-state index contributed by atoms with van der Waals surface area (Å²) in [6.07, 6.45) is -7.03. The zero-order chi connectivity index (χ0) is 22.1. The van der Waals surface area contributed by atoms with Gasteiger partial charge in [-0.05, 0) is 24.3 Å². The summed E-state index contributed by atoms with van der Waals surface area (Å²) in [5.74, 6) is 0.541. The SMILES string of the molecule is COc1cc(-c2ccc(C(F)(F)F)nc2)c(OC)cc1-c1ccc(C(F)(F)F)nc1. The molecule has 1 aromatic carbocycles. The Morgan fingerprint density at radius 3 is 1.23 bits per heavy atom. The molecule has 0 saturated carbocycles. The smallest absolute Gasteiger partial charge is 0.433 e. The van der Waals surface area contributed by atoms with Crippen molar-refractivity contribution in [1.82, 2.24) is 9.97 Å². The van der Waals surface area contributed by atoms with Crippen molar-refractivity contribution in [2.24, 2.45) is 0 Å². The number of pyridine rings is 2. The van der Waals surface area contributed by atoms with Gasteiger partial charge in [-0.15, -0.1) is 0 Å². The van der Waals surface area contributed by atoms with Crippen LogP contribution in [0.1, 0.15) is 11.4 Å². The summed E-state index contributed by atoms with van der Waals surface area (Å²) in [4.78, 5) is 6.87. The molecule has 30 heavy (non-hydrogen) atoms. The lowest BCUT2D eigenvalue weighted by Crippen LogP contribution is -2.07. The Balaban J connectivity index is 2.07. The van der Waals surface area contributed by atoms with Crippen LogP contribution >= 0.6 is 0 Å². The molecule has 0 N–H and O–H groups in total. The van der Waals surface area contributed by atoms with Crippen molar-refractivity contribution in [3.8, 4) is 33.8 Å². The average molecular weight is 428 g/mol. The van der Waals surface area contributed by atoms with Gasteiger partial charge in [0, 0.05) is 34.6 Å². The van der Waals surface area contributed by atoms with Gasteiger partial charge in [-0.25, -0.2) is 0 Å². The van der Waals surface area contributed by atoms with Crippen LogP contribution in [0.2, 0.25) is 0 Å². The third kappa shape index (κ3) is 4.32. The topological polar surface area (TPSA) is 44.2 Å². The van der Waals surface area contributed by atoms with Crippen molar-refractivity contribution in [2.45, 2.75) is 12.4 Å². The van der Waals surface area contributed by atoms with Crippen LogP contribution < -0.4 is 9.47 Å². The molecule has 0 aliphatic heterocycles. The van der Waals surface area contributed by atoms with Gasteiger partial charge in [0.25, 0.3) is 0 Å². The van der Waals surface area contributed by atoms with Crippen LogP contribution in [-0.4, -0.2) is 24.2 Å². The molecule has 0 radical (unpaired) electrons. The molecule has 3 rings (SSSR count). The van der Waals surface area contributed by atoms with Gasteiger partial charge in [0.2, 0.25) is 0 Å².